The van der Waals surface area contributed by atoms with E-state index in [4.69, 9.17) is 4.42 Å². The number of rotatable bonds is 6. The zero-order valence-electron chi connectivity index (χ0n) is 17.9. The van der Waals surface area contributed by atoms with Gasteiger partial charge in [0.05, 0.1) is 11.6 Å². The minimum atomic E-state index is -0.145. The fourth-order valence-electron chi connectivity index (χ4n) is 4.00. The van der Waals surface area contributed by atoms with Crippen molar-refractivity contribution in [3.05, 3.63) is 65.1 Å². The third-order valence-electron chi connectivity index (χ3n) is 5.60. The van der Waals surface area contributed by atoms with Gasteiger partial charge in [-0.3, -0.25) is 14.3 Å². The van der Waals surface area contributed by atoms with Crippen LogP contribution in [0.2, 0.25) is 0 Å². The quantitative estimate of drug-likeness (QED) is 0.650. The Morgan fingerprint density at radius 3 is 2.55 bits per heavy atom. The third-order valence-corrected chi connectivity index (χ3v) is 5.60. The fraction of sp³-hybridized carbons (Fsp3) is 0.409. The van der Waals surface area contributed by atoms with Gasteiger partial charge in [-0.1, -0.05) is 18.2 Å². The molecular formula is C22H26N6O3. The van der Waals surface area contributed by atoms with Gasteiger partial charge in [-0.2, -0.15) is 5.10 Å². The molecule has 162 valence electrons. The molecule has 1 N–H and O–H groups in total. The van der Waals surface area contributed by atoms with E-state index in [-0.39, 0.29) is 30.2 Å². The highest BCUT2D eigenvalue weighted by Crippen LogP contribution is 2.32. The molecular weight excluding hydrogens is 396 g/mol. The van der Waals surface area contributed by atoms with Crippen molar-refractivity contribution in [3.63, 3.8) is 0 Å². The molecule has 1 fully saturated rings. The Hall–Kier alpha value is -3.49. The zero-order valence-corrected chi connectivity index (χ0v) is 17.9. The molecule has 2 atom stereocenters. The van der Waals surface area contributed by atoms with Gasteiger partial charge in [0.25, 0.3) is 5.91 Å². The van der Waals surface area contributed by atoms with Crippen LogP contribution >= 0.6 is 0 Å². The molecule has 2 amide bonds. The van der Waals surface area contributed by atoms with Gasteiger partial charge in [-0.15, -0.1) is 10.2 Å². The first kappa shape index (κ1) is 20.8. The number of aryl methyl sites for hydroxylation is 3. The molecule has 4 rings (SSSR count). The Morgan fingerprint density at radius 1 is 1.13 bits per heavy atom. The second-order valence-corrected chi connectivity index (χ2v) is 7.99. The number of nitrogens with one attached hydrogen (secondary N) is 1. The monoisotopic (exact) mass is 422 g/mol. The summed E-state index contributed by atoms with van der Waals surface area (Å²) in [5, 5.41) is 15.5. The molecule has 3 heterocycles. The molecule has 0 spiro atoms. The summed E-state index contributed by atoms with van der Waals surface area (Å²) in [6, 6.07) is 11.0. The summed E-state index contributed by atoms with van der Waals surface area (Å²) in [4.78, 5) is 27.3. The second kappa shape index (κ2) is 8.71. The maximum absolute atomic E-state index is 13.0. The third kappa shape index (κ3) is 4.65. The molecule has 1 aliphatic heterocycles. The number of benzene rings is 1. The molecule has 9 nitrogen and oxygen atoms in total. The van der Waals surface area contributed by atoms with E-state index in [1.165, 1.54) is 0 Å². The Bertz CT molecular complexity index is 1070. The van der Waals surface area contributed by atoms with Gasteiger partial charge < -0.3 is 14.6 Å². The van der Waals surface area contributed by atoms with E-state index in [2.05, 4.69) is 20.6 Å². The highest BCUT2D eigenvalue weighted by Gasteiger charge is 2.39. The second-order valence-electron chi connectivity index (χ2n) is 7.99. The van der Waals surface area contributed by atoms with Gasteiger partial charge in [0.15, 0.2) is 0 Å². The van der Waals surface area contributed by atoms with Crippen LogP contribution < -0.4 is 5.32 Å². The highest BCUT2D eigenvalue weighted by molar-refractivity contribution is 5.94. The Kier molecular flexibility index (Phi) is 5.83. The highest BCUT2D eigenvalue weighted by atomic mass is 16.4. The van der Waals surface area contributed by atoms with Gasteiger partial charge in [-0.25, -0.2) is 0 Å². The normalized spacial score (nSPS) is 18.4. The number of aromatic nitrogens is 4. The lowest BCUT2D eigenvalue weighted by molar-refractivity contribution is -0.131. The SMILES string of the molecule is Cc1cc(C)n(CC(=O)N2C[C@H](CNC(=O)c3ccccc3)[C@@H](c3nnc(C)o3)C2)n1. The van der Waals surface area contributed by atoms with E-state index in [0.29, 0.717) is 37.0 Å². The Morgan fingerprint density at radius 2 is 1.90 bits per heavy atom. The molecule has 2 aromatic heterocycles. The molecule has 0 unspecified atom stereocenters. The number of carbonyl (C=O) groups is 2. The van der Waals surface area contributed by atoms with Crippen LogP contribution in [0.25, 0.3) is 0 Å². The lowest BCUT2D eigenvalue weighted by atomic mass is 9.96. The van der Waals surface area contributed by atoms with E-state index in [1.807, 2.05) is 38.1 Å². The van der Waals surface area contributed by atoms with Crippen molar-refractivity contribution < 1.29 is 14.0 Å². The van der Waals surface area contributed by atoms with Crippen molar-refractivity contribution in [2.75, 3.05) is 19.6 Å². The van der Waals surface area contributed by atoms with Crippen molar-refractivity contribution in [2.24, 2.45) is 5.92 Å². The van der Waals surface area contributed by atoms with E-state index in [1.54, 1.807) is 28.6 Å². The van der Waals surface area contributed by atoms with Gasteiger partial charge in [0.2, 0.25) is 17.7 Å². The summed E-state index contributed by atoms with van der Waals surface area (Å²) in [6.07, 6.45) is 0. The lowest BCUT2D eigenvalue weighted by Gasteiger charge is -2.17. The summed E-state index contributed by atoms with van der Waals surface area (Å²) < 4.78 is 7.38. The van der Waals surface area contributed by atoms with Crippen LogP contribution in [-0.2, 0) is 11.3 Å². The first-order valence-electron chi connectivity index (χ1n) is 10.3. The van der Waals surface area contributed by atoms with Gasteiger partial charge >= 0.3 is 0 Å². The molecule has 1 aliphatic rings. The average Bonchev–Trinajstić information content (AvgIpc) is 3.45. The van der Waals surface area contributed by atoms with E-state index < -0.39 is 0 Å². The molecule has 0 radical (unpaired) electrons. The van der Waals surface area contributed by atoms with Crippen molar-refractivity contribution in [2.45, 2.75) is 33.2 Å². The van der Waals surface area contributed by atoms with Crippen LogP contribution in [0.5, 0.6) is 0 Å². The summed E-state index contributed by atoms with van der Waals surface area (Å²) in [6.45, 7) is 7.13. The summed E-state index contributed by atoms with van der Waals surface area (Å²) in [7, 11) is 0. The van der Waals surface area contributed by atoms with Gasteiger partial charge in [0.1, 0.15) is 6.54 Å². The minimum Gasteiger partial charge on any atom is -0.425 e. The number of hydrogen-bond acceptors (Lipinski definition) is 6. The number of nitrogens with zero attached hydrogens (tertiary/aromatic N) is 5. The van der Waals surface area contributed by atoms with Crippen molar-refractivity contribution in [1.29, 1.82) is 0 Å². The topological polar surface area (TPSA) is 106 Å². The van der Waals surface area contributed by atoms with E-state index >= 15 is 0 Å². The largest absolute Gasteiger partial charge is 0.425 e. The van der Waals surface area contributed by atoms with Crippen LogP contribution in [-0.4, -0.2) is 56.3 Å². The predicted molar refractivity (Wildman–Crippen MR) is 112 cm³/mol. The van der Waals surface area contributed by atoms with Gasteiger partial charge in [0, 0.05) is 43.7 Å². The van der Waals surface area contributed by atoms with Crippen molar-refractivity contribution in [1.82, 2.24) is 30.2 Å². The Balaban J connectivity index is 1.46. The lowest BCUT2D eigenvalue weighted by Crippen LogP contribution is -2.35. The maximum Gasteiger partial charge on any atom is 0.251 e. The predicted octanol–water partition coefficient (Wildman–Crippen LogP) is 1.86. The smallest absolute Gasteiger partial charge is 0.251 e. The summed E-state index contributed by atoms with van der Waals surface area (Å²) in [5.41, 5.74) is 2.43. The number of amides is 2. The molecule has 1 aromatic carbocycles. The maximum atomic E-state index is 13.0. The van der Waals surface area contributed by atoms with E-state index in [0.717, 1.165) is 11.4 Å². The van der Waals surface area contributed by atoms with Crippen LogP contribution in [0.1, 0.15) is 39.4 Å². The first-order valence-corrected chi connectivity index (χ1v) is 10.3. The molecule has 31 heavy (non-hydrogen) atoms. The molecule has 0 aliphatic carbocycles. The van der Waals surface area contributed by atoms with Crippen LogP contribution in [0, 0.1) is 26.7 Å². The van der Waals surface area contributed by atoms with Crippen LogP contribution in [0.3, 0.4) is 0 Å². The molecule has 0 saturated carbocycles. The van der Waals surface area contributed by atoms with Crippen molar-refractivity contribution in [3.8, 4) is 0 Å². The molecule has 1 saturated heterocycles. The summed E-state index contributed by atoms with van der Waals surface area (Å²) in [5.74, 6) is 0.642. The average molecular weight is 422 g/mol. The fourth-order valence-corrected chi connectivity index (χ4v) is 4.00. The summed E-state index contributed by atoms with van der Waals surface area (Å²) >= 11 is 0. The zero-order chi connectivity index (χ0) is 22.0. The van der Waals surface area contributed by atoms with E-state index in [9.17, 15) is 9.59 Å². The van der Waals surface area contributed by atoms with Crippen molar-refractivity contribution >= 4 is 11.8 Å². The number of carbonyl (C=O) groups excluding carboxylic acids is 2. The number of likely N-dealkylation sites (tertiary alicyclic amines) is 1. The first-order chi connectivity index (χ1) is 14.9. The van der Waals surface area contributed by atoms with Crippen LogP contribution in [0.4, 0.5) is 0 Å². The number of hydrogen-bond donors (Lipinski definition) is 1. The Labute approximate surface area is 180 Å². The van der Waals surface area contributed by atoms with Gasteiger partial charge in [-0.05, 0) is 32.0 Å². The minimum absolute atomic E-state index is 0.0238. The van der Waals surface area contributed by atoms with Crippen LogP contribution in [0.15, 0.2) is 40.8 Å². The standard InChI is InChI=1S/C22H26N6O3/c1-14-9-15(2)28(26-14)13-20(29)27-11-18(19(12-27)22-25-24-16(3)31-22)10-23-21(30)17-7-5-4-6-8-17/h4-9,18-19H,10-13H2,1-3H3,(H,23,30)/t18-,19-/m0/s1. The molecule has 3 aromatic rings. The molecule has 0 bridgehead atoms. The molecule has 9 heteroatoms.